The van der Waals surface area contributed by atoms with E-state index >= 15 is 0 Å². The van der Waals surface area contributed by atoms with Crippen LogP contribution in [0.1, 0.15) is 23.6 Å². The normalized spacial score (nSPS) is 18.3. The van der Waals surface area contributed by atoms with E-state index in [4.69, 9.17) is 0 Å². The molecule has 2 unspecified atom stereocenters. The number of nitrogens with zero attached hydrogens (tertiary/aromatic N) is 3. The second-order valence-corrected chi connectivity index (χ2v) is 6.60. The monoisotopic (exact) mass is 347 g/mol. The van der Waals surface area contributed by atoms with Gasteiger partial charge in [0.2, 0.25) is 0 Å². The molecule has 0 spiro atoms. The number of benzene rings is 1. The zero-order valence-electron chi connectivity index (χ0n) is 14.4. The SMILES string of the molecule is O=C(NCC1CC1c1ccccc1)Nc1cnn(Cc2ccccn2)c1. The Kier molecular flexibility index (Phi) is 4.64. The molecule has 2 heterocycles. The number of carbonyl (C=O) groups excluding carboxylic acids is 1. The molecule has 1 aliphatic rings. The summed E-state index contributed by atoms with van der Waals surface area (Å²) in [4.78, 5) is 16.4. The smallest absolute Gasteiger partial charge is 0.319 e. The Hall–Kier alpha value is -3.15. The molecule has 2 aromatic heterocycles. The fourth-order valence-corrected chi connectivity index (χ4v) is 3.15. The van der Waals surface area contributed by atoms with Crippen molar-refractivity contribution in [2.24, 2.45) is 5.92 Å². The molecule has 2 amide bonds. The summed E-state index contributed by atoms with van der Waals surface area (Å²) in [5, 5.41) is 10.0. The topological polar surface area (TPSA) is 71.8 Å². The molecule has 4 rings (SSSR count). The maximum atomic E-state index is 12.1. The lowest BCUT2D eigenvalue weighted by molar-refractivity contribution is 0.251. The summed E-state index contributed by atoms with van der Waals surface area (Å²) in [6.07, 6.45) is 6.34. The molecular formula is C20H21N5O. The van der Waals surface area contributed by atoms with Crippen molar-refractivity contribution in [2.45, 2.75) is 18.9 Å². The molecular weight excluding hydrogens is 326 g/mol. The van der Waals surface area contributed by atoms with Crippen molar-refractivity contribution in [1.29, 1.82) is 0 Å². The van der Waals surface area contributed by atoms with E-state index in [-0.39, 0.29) is 6.03 Å². The van der Waals surface area contributed by atoms with E-state index in [1.807, 2.05) is 24.3 Å². The molecule has 2 N–H and O–H groups in total. The summed E-state index contributed by atoms with van der Waals surface area (Å²) in [5.41, 5.74) is 2.96. The van der Waals surface area contributed by atoms with E-state index in [1.54, 1.807) is 23.3 Å². The molecule has 1 saturated carbocycles. The third kappa shape index (κ3) is 4.08. The molecule has 3 aromatic rings. The van der Waals surface area contributed by atoms with Crippen LogP contribution < -0.4 is 10.6 Å². The minimum absolute atomic E-state index is 0.193. The molecule has 1 fully saturated rings. The van der Waals surface area contributed by atoms with Gasteiger partial charge in [-0.2, -0.15) is 5.10 Å². The van der Waals surface area contributed by atoms with Crippen LogP contribution in [-0.4, -0.2) is 27.3 Å². The molecule has 0 aliphatic heterocycles. The van der Waals surface area contributed by atoms with Gasteiger partial charge in [-0.3, -0.25) is 9.67 Å². The van der Waals surface area contributed by atoms with Crippen LogP contribution in [0.25, 0.3) is 0 Å². The van der Waals surface area contributed by atoms with Gasteiger partial charge in [-0.1, -0.05) is 36.4 Å². The molecule has 6 heteroatoms. The van der Waals surface area contributed by atoms with Gasteiger partial charge < -0.3 is 10.6 Å². The molecule has 0 bridgehead atoms. The number of urea groups is 1. The average molecular weight is 347 g/mol. The quantitative estimate of drug-likeness (QED) is 0.719. The number of rotatable bonds is 6. The number of hydrogen-bond donors (Lipinski definition) is 2. The van der Waals surface area contributed by atoms with E-state index in [0.717, 1.165) is 12.1 Å². The van der Waals surface area contributed by atoms with E-state index in [2.05, 4.69) is 45.0 Å². The van der Waals surface area contributed by atoms with Crippen molar-refractivity contribution >= 4 is 11.7 Å². The number of pyridine rings is 1. The zero-order chi connectivity index (χ0) is 17.8. The highest BCUT2D eigenvalue weighted by molar-refractivity contribution is 5.88. The number of carbonyl (C=O) groups is 1. The number of amides is 2. The summed E-state index contributed by atoms with van der Waals surface area (Å²) in [6.45, 7) is 1.26. The van der Waals surface area contributed by atoms with Crippen molar-refractivity contribution in [3.8, 4) is 0 Å². The van der Waals surface area contributed by atoms with Crippen LogP contribution in [0.3, 0.4) is 0 Å². The maximum absolute atomic E-state index is 12.1. The van der Waals surface area contributed by atoms with E-state index in [1.165, 1.54) is 5.56 Å². The number of aromatic nitrogens is 3. The van der Waals surface area contributed by atoms with Crippen LogP contribution in [0.2, 0.25) is 0 Å². The highest BCUT2D eigenvalue weighted by atomic mass is 16.2. The van der Waals surface area contributed by atoms with Gasteiger partial charge in [0, 0.05) is 18.9 Å². The maximum Gasteiger partial charge on any atom is 0.319 e. The van der Waals surface area contributed by atoms with Crippen LogP contribution in [-0.2, 0) is 6.54 Å². The first-order chi connectivity index (χ1) is 12.8. The van der Waals surface area contributed by atoms with Gasteiger partial charge in [0.25, 0.3) is 0 Å². The molecule has 0 saturated heterocycles. The lowest BCUT2D eigenvalue weighted by atomic mass is 10.1. The largest absolute Gasteiger partial charge is 0.338 e. The first kappa shape index (κ1) is 16.3. The van der Waals surface area contributed by atoms with Crippen molar-refractivity contribution in [1.82, 2.24) is 20.1 Å². The fourth-order valence-electron chi connectivity index (χ4n) is 3.15. The van der Waals surface area contributed by atoms with Gasteiger partial charge in [-0.25, -0.2) is 4.79 Å². The summed E-state index contributed by atoms with van der Waals surface area (Å²) >= 11 is 0. The molecule has 2 atom stereocenters. The molecule has 26 heavy (non-hydrogen) atoms. The zero-order valence-corrected chi connectivity index (χ0v) is 14.4. The van der Waals surface area contributed by atoms with Gasteiger partial charge in [-0.15, -0.1) is 0 Å². The van der Waals surface area contributed by atoms with E-state index < -0.39 is 0 Å². The Morgan fingerprint density at radius 3 is 2.81 bits per heavy atom. The Morgan fingerprint density at radius 2 is 2.00 bits per heavy atom. The predicted molar refractivity (Wildman–Crippen MR) is 99.9 cm³/mol. The second-order valence-electron chi connectivity index (χ2n) is 6.60. The second kappa shape index (κ2) is 7.39. The van der Waals surface area contributed by atoms with Crippen LogP contribution >= 0.6 is 0 Å². The molecule has 132 valence electrons. The minimum atomic E-state index is -0.193. The van der Waals surface area contributed by atoms with Crippen molar-refractivity contribution in [2.75, 3.05) is 11.9 Å². The van der Waals surface area contributed by atoms with Gasteiger partial charge in [0.15, 0.2) is 0 Å². The summed E-state index contributed by atoms with van der Waals surface area (Å²) < 4.78 is 1.75. The Morgan fingerprint density at radius 1 is 1.15 bits per heavy atom. The van der Waals surface area contributed by atoms with Crippen LogP contribution in [0.5, 0.6) is 0 Å². The highest BCUT2D eigenvalue weighted by Crippen LogP contribution is 2.46. The highest BCUT2D eigenvalue weighted by Gasteiger charge is 2.37. The van der Waals surface area contributed by atoms with Crippen molar-refractivity contribution in [3.05, 3.63) is 78.4 Å². The Labute approximate surface area is 152 Å². The first-order valence-electron chi connectivity index (χ1n) is 8.80. The Bertz CT molecular complexity index is 862. The first-order valence-corrected chi connectivity index (χ1v) is 8.80. The summed E-state index contributed by atoms with van der Waals surface area (Å²) in [6, 6.07) is 16.0. The van der Waals surface area contributed by atoms with Crippen LogP contribution in [0, 0.1) is 5.92 Å². The molecule has 6 nitrogen and oxygen atoms in total. The average Bonchev–Trinajstić information content (AvgIpc) is 3.34. The fraction of sp³-hybridized carbons (Fsp3) is 0.250. The number of anilines is 1. The number of nitrogens with one attached hydrogen (secondary N) is 2. The summed E-state index contributed by atoms with van der Waals surface area (Å²) in [5.74, 6) is 1.09. The molecule has 0 radical (unpaired) electrons. The third-order valence-corrected chi connectivity index (χ3v) is 4.62. The predicted octanol–water partition coefficient (Wildman–Crippen LogP) is 3.25. The van der Waals surface area contributed by atoms with Crippen LogP contribution in [0.4, 0.5) is 10.5 Å². The van der Waals surface area contributed by atoms with Gasteiger partial charge in [-0.05, 0) is 36.0 Å². The van der Waals surface area contributed by atoms with E-state index in [9.17, 15) is 4.79 Å². The lowest BCUT2D eigenvalue weighted by Crippen LogP contribution is -2.30. The molecule has 1 aromatic carbocycles. The summed E-state index contributed by atoms with van der Waals surface area (Å²) in [7, 11) is 0. The lowest BCUT2D eigenvalue weighted by Gasteiger charge is -2.06. The van der Waals surface area contributed by atoms with Gasteiger partial charge >= 0.3 is 6.03 Å². The minimum Gasteiger partial charge on any atom is -0.338 e. The van der Waals surface area contributed by atoms with Gasteiger partial charge in [0.1, 0.15) is 0 Å². The third-order valence-electron chi connectivity index (χ3n) is 4.62. The van der Waals surface area contributed by atoms with Crippen molar-refractivity contribution in [3.63, 3.8) is 0 Å². The van der Waals surface area contributed by atoms with Crippen molar-refractivity contribution < 1.29 is 4.79 Å². The van der Waals surface area contributed by atoms with Gasteiger partial charge in [0.05, 0.1) is 24.1 Å². The van der Waals surface area contributed by atoms with E-state index in [0.29, 0.717) is 30.6 Å². The standard InChI is InChI=1S/C20H21N5O/c26-20(22-11-16-10-19(16)15-6-2-1-3-7-15)24-18-12-23-25(14-18)13-17-8-4-5-9-21-17/h1-9,12,14,16,19H,10-11,13H2,(H2,22,24,26). The number of hydrogen-bond acceptors (Lipinski definition) is 3. The molecule has 1 aliphatic carbocycles. The van der Waals surface area contributed by atoms with Crippen LogP contribution in [0.15, 0.2) is 67.1 Å². The Balaban J connectivity index is 1.23.